The van der Waals surface area contributed by atoms with Crippen LogP contribution in [0.2, 0.25) is 0 Å². The minimum Gasteiger partial charge on any atom is -0.497 e. The van der Waals surface area contributed by atoms with E-state index in [1.54, 1.807) is 19.2 Å². The van der Waals surface area contributed by atoms with E-state index < -0.39 is 0 Å². The van der Waals surface area contributed by atoms with E-state index in [0.717, 1.165) is 25.9 Å². The summed E-state index contributed by atoms with van der Waals surface area (Å²) in [6.07, 6.45) is 2.26. The lowest BCUT2D eigenvalue weighted by Crippen LogP contribution is -2.37. The maximum absolute atomic E-state index is 13.9. The second kappa shape index (κ2) is 7.81. The van der Waals surface area contributed by atoms with Gasteiger partial charge in [0.15, 0.2) is 0 Å². The van der Waals surface area contributed by atoms with Gasteiger partial charge in [0.25, 0.3) is 0 Å². The molecule has 0 bridgehead atoms. The van der Waals surface area contributed by atoms with Gasteiger partial charge in [-0.05, 0) is 18.9 Å². The van der Waals surface area contributed by atoms with Crippen LogP contribution in [0.15, 0.2) is 18.2 Å². The van der Waals surface area contributed by atoms with Gasteiger partial charge in [-0.2, -0.15) is 0 Å². The summed E-state index contributed by atoms with van der Waals surface area (Å²) in [7, 11) is 1.54. The standard InChI is InChI=1S/C15H21ClFNO2/c1-19-14-3-2-12(15(17)10-14)11-18-7-4-13(5-8-18)20-9-6-16/h2-3,10,13H,4-9,11H2,1H3. The number of alkyl halides is 1. The molecule has 0 radical (unpaired) electrons. The summed E-state index contributed by atoms with van der Waals surface area (Å²) in [4.78, 5) is 2.26. The molecular weight excluding hydrogens is 281 g/mol. The van der Waals surface area contributed by atoms with Gasteiger partial charge < -0.3 is 9.47 Å². The van der Waals surface area contributed by atoms with Crippen molar-refractivity contribution in [3.8, 4) is 5.75 Å². The number of hydrogen-bond donors (Lipinski definition) is 0. The van der Waals surface area contributed by atoms with Crippen LogP contribution in [0, 0.1) is 5.82 Å². The molecule has 112 valence electrons. The maximum Gasteiger partial charge on any atom is 0.131 e. The smallest absolute Gasteiger partial charge is 0.131 e. The Hall–Kier alpha value is -0.840. The fourth-order valence-electron chi connectivity index (χ4n) is 2.47. The van der Waals surface area contributed by atoms with E-state index in [-0.39, 0.29) is 5.82 Å². The van der Waals surface area contributed by atoms with Gasteiger partial charge in [-0.1, -0.05) is 6.07 Å². The lowest BCUT2D eigenvalue weighted by molar-refractivity contribution is 0.0133. The van der Waals surface area contributed by atoms with E-state index in [1.165, 1.54) is 6.07 Å². The van der Waals surface area contributed by atoms with E-state index in [4.69, 9.17) is 21.1 Å². The van der Waals surface area contributed by atoms with Gasteiger partial charge in [-0.25, -0.2) is 4.39 Å². The zero-order chi connectivity index (χ0) is 14.4. The number of likely N-dealkylation sites (tertiary alicyclic amines) is 1. The molecule has 1 aromatic carbocycles. The van der Waals surface area contributed by atoms with Crippen LogP contribution in [-0.4, -0.2) is 43.7 Å². The molecule has 0 amide bonds. The minimum absolute atomic E-state index is 0.204. The molecule has 1 saturated heterocycles. The Morgan fingerprint density at radius 3 is 2.70 bits per heavy atom. The normalized spacial score (nSPS) is 17.4. The highest BCUT2D eigenvalue weighted by Crippen LogP contribution is 2.20. The molecule has 5 heteroatoms. The van der Waals surface area contributed by atoms with Crippen molar-refractivity contribution in [2.75, 3.05) is 32.7 Å². The number of ether oxygens (including phenoxy) is 2. The second-order valence-electron chi connectivity index (χ2n) is 4.99. The molecule has 20 heavy (non-hydrogen) atoms. The summed E-state index contributed by atoms with van der Waals surface area (Å²) in [5.41, 5.74) is 0.714. The first-order chi connectivity index (χ1) is 9.72. The predicted molar refractivity (Wildman–Crippen MR) is 77.9 cm³/mol. The fraction of sp³-hybridized carbons (Fsp3) is 0.600. The molecule has 1 heterocycles. The molecule has 1 fully saturated rings. The van der Waals surface area contributed by atoms with Crippen molar-refractivity contribution in [2.45, 2.75) is 25.5 Å². The first-order valence-electron chi connectivity index (χ1n) is 6.95. The van der Waals surface area contributed by atoms with Crippen molar-refractivity contribution in [3.63, 3.8) is 0 Å². The monoisotopic (exact) mass is 301 g/mol. The lowest BCUT2D eigenvalue weighted by atomic mass is 10.1. The zero-order valence-electron chi connectivity index (χ0n) is 11.8. The fourth-order valence-corrected chi connectivity index (χ4v) is 2.56. The van der Waals surface area contributed by atoms with Gasteiger partial charge in [0.2, 0.25) is 0 Å². The van der Waals surface area contributed by atoms with Crippen molar-refractivity contribution in [2.24, 2.45) is 0 Å². The maximum atomic E-state index is 13.9. The summed E-state index contributed by atoms with van der Waals surface area (Å²) in [5, 5.41) is 0. The van der Waals surface area contributed by atoms with E-state index in [0.29, 0.717) is 36.4 Å². The Labute approximate surface area is 124 Å². The Balaban J connectivity index is 1.83. The molecule has 1 aliphatic heterocycles. The van der Waals surface area contributed by atoms with Crippen molar-refractivity contribution < 1.29 is 13.9 Å². The highest BCUT2D eigenvalue weighted by molar-refractivity contribution is 6.17. The van der Waals surface area contributed by atoms with Gasteiger partial charge in [0, 0.05) is 37.1 Å². The van der Waals surface area contributed by atoms with Crippen LogP contribution in [0.4, 0.5) is 4.39 Å². The molecule has 0 N–H and O–H groups in total. The van der Waals surface area contributed by atoms with Gasteiger partial charge in [-0.3, -0.25) is 4.90 Å². The molecule has 0 aromatic heterocycles. The summed E-state index contributed by atoms with van der Waals surface area (Å²) in [6.45, 7) is 3.11. The van der Waals surface area contributed by atoms with Crippen molar-refractivity contribution in [1.82, 2.24) is 4.90 Å². The number of benzene rings is 1. The molecule has 1 aliphatic rings. The van der Waals surface area contributed by atoms with Crippen LogP contribution in [0.1, 0.15) is 18.4 Å². The quantitative estimate of drug-likeness (QED) is 0.754. The molecule has 0 saturated carbocycles. The SMILES string of the molecule is COc1ccc(CN2CCC(OCCCl)CC2)c(F)c1. The number of hydrogen-bond acceptors (Lipinski definition) is 3. The number of methoxy groups -OCH3 is 1. The average Bonchev–Trinajstić information content (AvgIpc) is 2.48. The number of rotatable bonds is 6. The first-order valence-corrected chi connectivity index (χ1v) is 7.48. The Bertz CT molecular complexity index is 422. The van der Waals surface area contributed by atoms with Crippen molar-refractivity contribution in [1.29, 1.82) is 0 Å². The van der Waals surface area contributed by atoms with Crippen LogP contribution in [0.25, 0.3) is 0 Å². The van der Waals surface area contributed by atoms with Crippen LogP contribution >= 0.6 is 11.6 Å². The van der Waals surface area contributed by atoms with Gasteiger partial charge in [0.05, 0.1) is 19.8 Å². The van der Waals surface area contributed by atoms with Crippen LogP contribution in [0.3, 0.4) is 0 Å². The van der Waals surface area contributed by atoms with E-state index >= 15 is 0 Å². The second-order valence-corrected chi connectivity index (χ2v) is 5.37. The summed E-state index contributed by atoms with van der Waals surface area (Å²) < 4.78 is 24.5. The Morgan fingerprint density at radius 1 is 1.35 bits per heavy atom. The largest absolute Gasteiger partial charge is 0.497 e. The van der Waals surface area contributed by atoms with Gasteiger partial charge >= 0.3 is 0 Å². The van der Waals surface area contributed by atoms with Gasteiger partial charge in [-0.15, -0.1) is 11.6 Å². The van der Waals surface area contributed by atoms with E-state index in [2.05, 4.69) is 4.90 Å². The molecule has 2 rings (SSSR count). The average molecular weight is 302 g/mol. The van der Waals surface area contributed by atoms with Crippen LogP contribution in [-0.2, 0) is 11.3 Å². The molecular formula is C15H21ClFNO2. The Morgan fingerprint density at radius 2 is 2.10 bits per heavy atom. The van der Waals surface area contributed by atoms with Crippen LogP contribution in [0.5, 0.6) is 5.75 Å². The third-order valence-electron chi connectivity index (χ3n) is 3.62. The molecule has 0 aliphatic carbocycles. The third-order valence-corrected chi connectivity index (χ3v) is 3.77. The molecule has 0 atom stereocenters. The molecule has 0 unspecified atom stereocenters. The zero-order valence-corrected chi connectivity index (χ0v) is 12.5. The van der Waals surface area contributed by atoms with E-state index in [1.807, 2.05) is 0 Å². The first kappa shape index (κ1) is 15.5. The summed E-state index contributed by atoms with van der Waals surface area (Å²) in [5.74, 6) is 0.890. The minimum atomic E-state index is -0.204. The highest BCUT2D eigenvalue weighted by Gasteiger charge is 2.20. The summed E-state index contributed by atoms with van der Waals surface area (Å²) >= 11 is 5.61. The van der Waals surface area contributed by atoms with Gasteiger partial charge in [0.1, 0.15) is 11.6 Å². The van der Waals surface area contributed by atoms with Crippen LogP contribution < -0.4 is 4.74 Å². The predicted octanol–water partition coefficient (Wildman–Crippen LogP) is 3.05. The highest BCUT2D eigenvalue weighted by atomic mass is 35.5. The third kappa shape index (κ3) is 4.33. The Kier molecular flexibility index (Phi) is 6.07. The van der Waals surface area contributed by atoms with Crippen molar-refractivity contribution in [3.05, 3.63) is 29.6 Å². The molecule has 0 spiro atoms. The summed E-state index contributed by atoms with van der Waals surface area (Å²) in [6, 6.07) is 5.03. The number of nitrogens with zero attached hydrogens (tertiary/aromatic N) is 1. The van der Waals surface area contributed by atoms with Crippen molar-refractivity contribution >= 4 is 11.6 Å². The van der Waals surface area contributed by atoms with E-state index in [9.17, 15) is 4.39 Å². The number of piperidine rings is 1. The molecule has 3 nitrogen and oxygen atoms in total. The number of halogens is 2. The lowest BCUT2D eigenvalue weighted by Gasteiger charge is -2.31. The molecule has 1 aromatic rings. The topological polar surface area (TPSA) is 21.7 Å².